The second kappa shape index (κ2) is 7.77. The van der Waals surface area contributed by atoms with E-state index in [1.807, 2.05) is 18.5 Å². The molecule has 2 aromatic rings. The summed E-state index contributed by atoms with van der Waals surface area (Å²) in [6, 6.07) is 4.14. The Labute approximate surface area is 137 Å². The van der Waals surface area contributed by atoms with Gasteiger partial charge in [-0.3, -0.25) is 9.58 Å². The van der Waals surface area contributed by atoms with Crippen molar-refractivity contribution in [2.45, 2.75) is 19.6 Å². The van der Waals surface area contributed by atoms with E-state index in [2.05, 4.69) is 39.7 Å². The van der Waals surface area contributed by atoms with Crippen molar-refractivity contribution in [1.29, 1.82) is 0 Å². The number of rotatable bonds is 7. The fraction of sp³-hybridized carbons (Fsp3) is 0.588. The predicted molar refractivity (Wildman–Crippen MR) is 87.9 cm³/mol. The lowest BCUT2D eigenvalue weighted by Gasteiger charge is -2.23. The summed E-state index contributed by atoms with van der Waals surface area (Å²) in [7, 11) is 4.13. The van der Waals surface area contributed by atoms with Gasteiger partial charge in [-0.1, -0.05) is 0 Å². The van der Waals surface area contributed by atoms with Gasteiger partial charge in [-0.2, -0.15) is 5.10 Å². The molecule has 3 rings (SSSR count). The highest BCUT2D eigenvalue weighted by Crippen LogP contribution is 2.18. The van der Waals surface area contributed by atoms with Gasteiger partial charge in [-0.25, -0.2) is 0 Å². The largest absolute Gasteiger partial charge is 0.472 e. The lowest BCUT2D eigenvalue weighted by molar-refractivity contribution is 0.0672. The zero-order chi connectivity index (χ0) is 16.1. The smallest absolute Gasteiger partial charge is 0.0947 e. The molecule has 0 fully saturated rings. The third-order valence-electron chi connectivity index (χ3n) is 4.16. The summed E-state index contributed by atoms with van der Waals surface area (Å²) < 4.78 is 13.2. The average molecular weight is 318 g/mol. The molecule has 23 heavy (non-hydrogen) atoms. The number of ether oxygens (including phenoxy) is 1. The topological polar surface area (TPSA) is 46.7 Å². The van der Waals surface area contributed by atoms with E-state index in [4.69, 9.17) is 9.15 Å². The monoisotopic (exact) mass is 318 g/mol. The predicted octanol–water partition coefficient (Wildman–Crippen LogP) is 1.69. The molecule has 0 bridgehead atoms. The normalized spacial score (nSPS) is 19.0. The van der Waals surface area contributed by atoms with E-state index in [0.29, 0.717) is 5.92 Å². The lowest BCUT2D eigenvalue weighted by atomic mass is 10.1. The van der Waals surface area contributed by atoms with Crippen LogP contribution in [0.4, 0.5) is 0 Å². The molecule has 6 nitrogen and oxygen atoms in total. The summed E-state index contributed by atoms with van der Waals surface area (Å²) in [6.45, 7) is 6.25. The molecule has 0 spiro atoms. The van der Waals surface area contributed by atoms with Crippen LogP contribution in [0.5, 0.6) is 0 Å². The van der Waals surface area contributed by atoms with Crippen LogP contribution in [0.1, 0.15) is 11.3 Å². The van der Waals surface area contributed by atoms with Crippen molar-refractivity contribution in [1.82, 2.24) is 19.6 Å². The molecular weight excluding hydrogens is 292 g/mol. The van der Waals surface area contributed by atoms with Crippen molar-refractivity contribution >= 4 is 0 Å². The highest BCUT2D eigenvalue weighted by atomic mass is 16.5. The van der Waals surface area contributed by atoms with Gasteiger partial charge in [0.05, 0.1) is 31.4 Å². The quantitative estimate of drug-likeness (QED) is 0.727. The Hall–Kier alpha value is -1.63. The summed E-state index contributed by atoms with van der Waals surface area (Å²) in [5, 5.41) is 4.46. The minimum absolute atomic E-state index is 0.449. The Morgan fingerprint density at radius 2 is 2.26 bits per heavy atom. The molecule has 2 aromatic heterocycles. The molecular formula is C17H26N4O2. The van der Waals surface area contributed by atoms with E-state index in [1.165, 1.54) is 11.3 Å². The number of hydrogen-bond donors (Lipinski definition) is 0. The van der Waals surface area contributed by atoms with Gasteiger partial charge in [0.15, 0.2) is 0 Å². The van der Waals surface area contributed by atoms with E-state index < -0.39 is 0 Å². The number of likely N-dealkylation sites (N-methyl/N-ethyl adjacent to an activating group) is 1. The first-order chi connectivity index (χ1) is 11.2. The summed E-state index contributed by atoms with van der Waals surface area (Å²) >= 11 is 0. The maximum Gasteiger partial charge on any atom is 0.0947 e. The zero-order valence-corrected chi connectivity index (χ0v) is 14.0. The van der Waals surface area contributed by atoms with Crippen LogP contribution < -0.4 is 0 Å². The standard InChI is InChI=1S/C17H26N4O2/c1-19(2)6-8-23-14-16-10-20(9-15-4-7-22-13-15)12-17-3-5-18-21(17)11-16/h3-5,7,13,16H,6,8-12,14H2,1-2H3/t16-/m1/s1. The first-order valence-corrected chi connectivity index (χ1v) is 8.17. The van der Waals surface area contributed by atoms with Gasteiger partial charge in [-0.15, -0.1) is 0 Å². The van der Waals surface area contributed by atoms with E-state index in [-0.39, 0.29) is 0 Å². The van der Waals surface area contributed by atoms with Crippen LogP contribution in [-0.2, 0) is 24.4 Å². The third-order valence-corrected chi connectivity index (χ3v) is 4.16. The van der Waals surface area contributed by atoms with Crippen LogP contribution in [0.3, 0.4) is 0 Å². The molecule has 126 valence electrons. The van der Waals surface area contributed by atoms with Gasteiger partial charge in [0.2, 0.25) is 0 Å². The van der Waals surface area contributed by atoms with Crippen molar-refractivity contribution in [2.75, 3.05) is 40.4 Å². The molecule has 0 aromatic carbocycles. The Bertz CT molecular complexity index is 579. The molecule has 0 saturated heterocycles. The van der Waals surface area contributed by atoms with Gasteiger partial charge >= 0.3 is 0 Å². The van der Waals surface area contributed by atoms with Gasteiger partial charge in [0, 0.05) is 50.4 Å². The van der Waals surface area contributed by atoms with Gasteiger partial charge < -0.3 is 14.1 Å². The van der Waals surface area contributed by atoms with Crippen LogP contribution in [0, 0.1) is 5.92 Å². The number of nitrogens with zero attached hydrogens (tertiary/aromatic N) is 4. The molecule has 1 atom stereocenters. The number of fused-ring (bicyclic) bond motifs is 1. The third kappa shape index (κ3) is 4.67. The average Bonchev–Trinajstić information content (AvgIpc) is 3.13. The van der Waals surface area contributed by atoms with E-state index >= 15 is 0 Å². The van der Waals surface area contributed by atoms with Crippen LogP contribution in [0.2, 0.25) is 0 Å². The molecule has 0 aliphatic carbocycles. The molecule has 1 aliphatic heterocycles. The molecule has 0 N–H and O–H groups in total. The van der Waals surface area contributed by atoms with E-state index in [1.54, 1.807) is 6.26 Å². The van der Waals surface area contributed by atoms with Crippen LogP contribution in [0.15, 0.2) is 35.3 Å². The summed E-state index contributed by atoms with van der Waals surface area (Å²) in [6.07, 6.45) is 5.45. The van der Waals surface area contributed by atoms with Crippen molar-refractivity contribution in [2.24, 2.45) is 5.92 Å². The summed E-state index contributed by atoms with van der Waals surface area (Å²) in [5.74, 6) is 0.449. The van der Waals surface area contributed by atoms with Gasteiger partial charge in [-0.05, 0) is 26.2 Å². The maximum atomic E-state index is 5.89. The first-order valence-electron chi connectivity index (χ1n) is 8.17. The Morgan fingerprint density at radius 1 is 1.35 bits per heavy atom. The minimum atomic E-state index is 0.449. The van der Waals surface area contributed by atoms with Crippen molar-refractivity contribution < 1.29 is 9.15 Å². The van der Waals surface area contributed by atoms with Crippen LogP contribution >= 0.6 is 0 Å². The van der Waals surface area contributed by atoms with Crippen molar-refractivity contribution in [3.63, 3.8) is 0 Å². The number of furan rings is 1. The summed E-state index contributed by atoms with van der Waals surface area (Å²) in [5.41, 5.74) is 2.48. The van der Waals surface area contributed by atoms with Gasteiger partial charge in [0.1, 0.15) is 0 Å². The van der Waals surface area contributed by atoms with Crippen molar-refractivity contribution in [3.8, 4) is 0 Å². The Kier molecular flexibility index (Phi) is 5.48. The Morgan fingerprint density at radius 3 is 3.04 bits per heavy atom. The molecule has 0 amide bonds. The second-order valence-electron chi connectivity index (χ2n) is 6.55. The molecule has 6 heteroatoms. The van der Waals surface area contributed by atoms with E-state index in [0.717, 1.165) is 45.9 Å². The second-order valence-corrected chi connectivity index (χ2v) is 6.55. The highest BCUT2D eigenvalue weighted by Gasteiger charge is 2.22. The SMILES string of the molecule is CN(C)CCOC[C@@H]1CN(Cc2ccoc2)Cc2ccnn2C1. The maximum absolute atomic E-state index is 5.89. The lowest BCUT2D eigenvalue weighted by Crippen LogP contribution is -2.30. The molecule has 0 unspecified atom stereocenters. The molecule has 0 radical (unpaired) electrons. The molecule has 1 aliphatic rings. The molecule has 0 saturated carbocycles. The van der Waals surface area contributed by atoms with Gasteiger partial charge in [0.25, 0.3) is 0 Å². The van der Waals surface area contributed by atoms with Crippen LogP contribution in [-0.4, -0.2) is 60.0 Å². The van der Waals surface area contributed by atoms with E-state index in [9.17, 15) is 0 Å². The fourth-order valence-electron chi connectivity index (χ4n) is 2.98. The first kappa shape index (κ1) is 16.2. The fourth-order valence-corrected chi connectivity index (χ4v) is 2.98. The molecule has 3 heterocycles. The Balaban J connectivity index is 1.60. The number of hydrogen-bond acceptors (Lipinski definition) is 5. The highest BCUT2D eigenvalue weighted by molar-refractivity contribution is 5.07. The van der Waals surface area contributed by atoms with Crippen LogP contribution in [0.25, 0.3) is 0 Å². The van der Waals surface area contributed by atoms with Crippen molar-refractivity contribution in [3.05, 3.63) is 42.1 Å². The zero-order valence-electron chi connectivity index (χ0n) is 14.0. The number of aromatic nitrogens is 2. The minimum Gasteiger partial charge on any atom is -0.472 e. The summed E-state index contributed by atoms with van der Waals surface area (Å²) in [4.78, 5) is 4.59.